The van der Waals surface area contributed by atoms with Crippen LogP contribution in [0.2, 0.25) is 0 Å². The van der Waals surface area contributed by atoms with Crippen LogP contribution in [-0.2, 0) is 0 Å². The molecule has 0 amide bonds. The zero-order valence-corrected chi connectivity index (χ0v) is 9.14. The first kappa shape index (κ1) is 12.6. The number of nitrogens with two attached hydrogens (primary N) is 1. The summed E-state index contributed by atoms with van der Waals surface area (Å²) in [5.41, 5.74) is 6.59. The summed E-state index contributed by atoms with van der Waals surface area (Å²) in [5, 5.41) is 3.21. The topological polar surface area (TPSA) is 50.4 Å². The molecule has 0 aliphatic heterocycles. The Balaban J connectivity index is 3.36. The minimum atomic E-state index is 0.703. The van der Waals surface area contributed by atoms with E-state index in [1.54, 1.807) is 0 Å². The molecule has 0 aliphatic carbocycles. The van der Waals surface area contributed by atoms with E-state index in [0.717, 1.165) is 26.1 Å². The maximum absolute atomic E-state index is 5.34. The highest BCUT2D eigenvalue weighted by Gasteiger charge is 1.95. The average Bonchev–Trinajstić information content (AvgIpc) is 2.02. The van der Waals surface area contributed by atoms with Gasteiger partial charge in [0.2, 0.25) is 0 Å². The van der Waals surface area contributed by atoms with Gasteiger partial charge in [-0.1, -0.05) is 13.8 Å². The van der Waals surface area contributed by atoms with Crippen LogP contribution in [0.3, 0.4) is 0 Å². The number of aliphatic imine (C=N–C) groups is 1. The average molecular weight is 185 g/mol. The van der Waals surface area contributed by atoms with Gasteiger partial charge in [-0.3, -0.25) is 4.99 Å². The zero-order valence-electron chi connectivity index (χ0n) is 9.14. The Bertz CT molecular complexity index is 141. The fraction of sp³-hybridized carbons (Fsp3) is 0.900. The Morgan fingerprint density at radius 1 is 1.38 bits per heavy atom. The highest BCUT2D eigenvalue weighted by Crippen LogP contribution is 2.00. The lowest BCUT2D eigenvalue weighted by Gasteiger charge is -2.04. The summed E-state index contributed by atoms with van der Waals surface area (Å²) in [7, 11) is 0. The molecule has 3 heteroatoms. The number of hydrogen-bond acceptors (Lipinski definition) is 3. The van der Waals surface area contributed by atoms with Crippen LogP contribution in [0.1, 0.15) is 27.2 Å². The monoisotopic (exact) mass is 185 g/mol. The Hall–Kier alpha value is -0.410. The summed E-state index contributed by atoms with van der Waals surface area (Å²) in [6.07, 6.45) is 1.11. The summed E-state index contributed by atoms with van der Waals surface area (Å²) in [6.45, 7) is 9.93. The van der Waals surface area contributed by atoms with Crippen molar-refractivity contribution in [2.75, 3.05) is 26.2 Å². The highest BCUT2D eigenvalue weighted by atomic mass is 14.9. The fourth-order valence-electron chi connectivity index (χ4n) is 1.21. The van der Waals surface area contributed by atoms with Crippen molar-refractivity contribution in [2.45, 2.75) is 27.2 Å². The van der Waals surface area contributed by atoms with E-state index in [0.29, 0.717) is 12.5 Å². The minimum absolute atomic E-state index is 0.703. The van der Waals surface area contributed by atoms with Crippen molar-refractivity contribution in [3.63, 3.8) is 0 Å². The molecule has 0 bridgehead atoms. The molecule has 0 heterocycles. The van der Waals surface area contributed by atoms with Crippen molar-refractivity contribution in [1.82, 2.24) is 5.32 Å². The number of rotatable bonds is 7. The van der Waals surface area contributed by atoms with Crippen LogP contribution < -0.4 is 11.1 Å². The van der Waals surface area contributed by atoms with E-state index in [9.17, 15) is 0 Å². The second-order valence-corrected chi connectivity index (χ2v) is 3.75. The van der Waals surface area contributed by atoms with Crippen molar-refractivity contribution >= 4 is 5.71 Å². The number of hydrogen-bond donors (Lipinski definition) is 2. The van der Waals surface area contributed by atoms with Crippen LogP contribution in [-0.4, -0.2) is 31.9 Å². The van der Waals surface area contributed by atoms with Crippen LogP contribution in [0, 0.1) is 5.92 Å². The molecule has 0 spiro atoms. The molecule has 0 rings (SSSR count). The van der Waals surface area contributed by atoms with E-state index in [4.69, 9.17) is 5.73 Å². The van der Waals surface area contributed by atoms with Crippen molar-refractivity contribution < 1.29 is 0 Å². The third-order valence-electron chi connectivity index (χ3n) is 1.70. The molecule has 0 aromatic heterocycles. The Morgan fingerprint density at radius 2 is 2.08 bits per heavy atom. The predicted molar refractivity (Wildman–Crippen MR) is 59.4 cm³/mol. The van der Waals surface area contributed by atoms with Gasteiger partial charge in [0.05, 0.1) is 6.54 Å². The van der Waals surface area contributed by atoms with E-state index in [-0.39, 0.29) is 0 Å². The van der Waals surface area contributed by atoms with E-state index >= 15 is 0 Å². The van der Waals surface area contributed by atoms with Crippen molar-refractivity contribution in [3.05, 3.63) is 0 Å². The molecule has 0 aliphatic rings. The Morgan fingerprint density at radius 3 is 2.62 bits per heavy atom. The molecule has 0 unspecified atom stereocenters. The fourth-order valence-corrected chi connectivity index (χ4v) is 1.21. The molecule has 0 saturated carbocycles. The quantitative estimate of drug-likeness (QED) is 0.460. The van der Waals surface area contributed by atoms with Crippen molar-refractivity contribution in [3.8, 4) is 0 Å². The van der Waals surface area contributed by atoms with Crippen LogP contribution in [0.5, 0.6) is 0 Å². The van der Waals surface area contributed by atoms with Crippen LogP contribution in [0.25, 0.3) is 0 Å². The van der Waals surface area contributed by atoms with Gasteiger partial charge >= 0.3 is 0 Å². The molecule has 3 N–H and O–H groups in total. The van der Waals surface area contributed by atoms with Crippen molar-refractivity contribution in [2.24, 2.45) is 16.6 Å². The molecular formula is C10H23N3. The van der Waals surface area contributed by atoms with Gasteiger partial charge in [0.15, 0.2) is 0 Å². The summed E-state index contributed by atoms with van der Waals surface area (Å²) in [6, 6.07) is 0. The molecule has 0 saturated heterocycles. The second kappa shape index (κ2) is 8.20. The van der Waals surface area contributed by atoms with E-state index < -0.39 is 0 Å². The first-order chi connectivity index (χ1) is 6.16. The molecule has 78 valence electrons. The SMILES string of the molecule is CC(CC(C)C)=NCCNCCN. The largest absolute Gasteiger partial charge is 0.329 e. The van der Waals surface area contributed by atoms with Gasteiger partial charge in [-0.15, -0.1) is 0 Å². The smallest absolute Gasteiger partial charge is 0.0513 e. The lowest BCUT2D eigenvalue weighted by molar-refractivity contribution is 0.672. The van der Waals surface area contributed by atoms with Gasteiger partial charge in [-0.25, -0.2) is 0 Å². The predicted octanol–water partition coefficient (Wildman–Crippen LogP) is 1.04. The summed E-state index contributed by atoms with van der Waals surface area (Å²) in [5.74, 6) is 0.709. The minimum Gasteiger partial charge on any atom is -0.329 e. The van der Waals surface area contributed by atoms with Gasteiger partial charge in [0.25, 0.3) is 0 Å². The Kier molecular flexibility index (Phi) is 7.94. The number of nitrogens with zero attached hydrogens (tertiary/aromatic N) is 1. The van der Waals surface area contributed by atoms with Gasteiger partial charge < -0.3 is 11.1 Å². The molecule has 0 atom stereocenters. The molecular weight excluding hydrogens is 162 g/mol. The van der Waals surface area contributed by atoms with Crippen LogP contribution >= 0.6 is 0 Å². The molecule has 13 heavy (non-hydrogen) atoms. The standard InChI is InChI=1S/C10H23N3/c1-9(2)8-10(3)13-7-6-12-5-4-11/h9,12H,4-8,11H2,1-3H3. The van der Waals surface area contributed by atoms with E-state index in [2.05, 4.69) is 31.1 Å². The molecule has 3 nitrogen and oxygen atoms in total. The van der Waals surface area contributed by atoms with Gasteiger partial charge in [0, 0.05) is 25.3 Å². The maximum Gasteiger partial charge on any atom is 0.0513 e. The van der Waals surface area contributed by atoms with E-state index in [1.165, 1.54) is 5.71 Å². The number of nitrogens with one attached hydrogen (secondary N) is 1. The summed E-state index contributed by atoms with van der Waals surface area (Å²) >= 11 is 0. The first-order valence-corrected chi connectivity index (χ1v) is 5.07. The lowest BCUT2D eigenvalue weighted by atomic mass is 10.1. The van der Waals surface area contributed by atoms with E-state index in [1.807, 2.05) is 0 Å². The van der Waals surface area contributed by atoms with Gasteiger partial charge in [-0.05, 0) is 19.3 Å². The zero-order chi connectivity index (χ0) is 10.1. The molecule has 0 aromatic carbocycles. The van der Waals surface area contributed by atoms with Gasteiger partial charge in [-0.2, -0.15) is 0 Å². The second-order valence-electron chi connectivity index (χ2n) is 3.75. The Labute approximate surface area is 81.8 Å². The van der Waals surface area contributed by atoms with Crippen LogP contribution in [0.4, 0.5) is 0 Å². The molecule has 0 radical (unpaired) electrons. The summed E-state index contributed by atoms with van der Waals surface area (Å²) in [4.78, 5) is 4.45. The summed E-state index contributed by atoms with van der Waals surface area (Å²) < 4.78 is 0. The first-order valence-electron chi connectivity index (χ1n) is 5.07. The molecule has 0 aromatic rings. The highest BCUT2D eigenvalue weighted by molar-refractivity contribution is 5.82. The van der Waals surface area contributed by atoms with Crippen LogP contribution in [0.15, 0.2) is 4.99 Å². The lowest BCUT2D eigenvalue weighted by Crippen LogP contribution is -2.25. The molecule has 0 fully saturated rings. The van der Waals surface area contributed by atoms with Gasteiger partial charge in [0.1, 0.15) is 0 Å². The third-order valence-corrected chi connectivity index (χ3v) is 1.70. The third kappa shape index (κ3) is 9.50. The normalized spacial score (nSPS) is 12.5. The van der Waals surface area contributed by atoms with Crippen molar-refractivity contribution in [1.29, 1.82) is 0 Å². The maximum atomic E-state index is 5.34.